The minimum Gasteiger partial charge on any atom is -0.357 e. The molecule has 0 amide bonds. The first-order chi connectivity index (χ1) is 9.13. The van der Waals surface area contributed by atoms with Gasteiger partial charge in [0, 0.05) is 17.8 Å². The average molecular weight is 278 g/mol. The SMILES string of the molecule is Cc1cc(=O)n2nc(N[C@H]3CCCC[C@@H]3C)sc2n1. The van der Waals surface area contributed by atoms with Gasteiger partial charge in [-0.2, -0.15) is 4.52 Å². The zero-order valence-corrected chi connectivity index (χ0v) is 12.0. The Labute approximate surface area is 115 Å². The summed E-state index contributed by atoms with van der Waals surface area (Å²) in [6.07, 6.45) is 5.03. The number of nitrogens with one attached hydrogen (secondary N) is 1. The predicted molar refractivity (Wildman–Crippen MR) is 76.9 cm³/mol. The molecule has 0 saturated heterocycles. The number of aryl methyl sites for hydroxylation is 1. The van der Waals surface area contributed by atoms with Crippen LogP contribution in [-0.4, -0.2) is 20.6 Å². The summed E-state index contributed by atoms with van der Waals surface area (Å²) in [6.45, 7) is 4.11. The van der Waals surface area contributed by atoms with E-state index < -0.39 is 0 Å². The molecule has 2 aromatic heterocycles. The van der Waals surface area contributed by atoms with Crippen molar-refractivity contribution in [2.75, 3.05) is 5.32 Å². The van der Waals surface area contributed by atoms with E-state index in [1.54, 1.807) is 0 Å². The lowest BCUT2D eigenvalue weighted by Crippen LogP contribution is -2.30. The maximum atomic E-state index is 11.8. The van der Waals surface area contributed by atoms with Crippen LogP contribution in [0.4, 0.5) is 5.13 Å². The quantitative estimate of drug-likeness (QED) is 0.916. The third-order valence-electron chi connectivity index (χ3n) is 3.79. The molecule has 1 aliphatic rings. The molecule has 0 radical (unpaired) electrons. The Morgan fingerprint density at radius 2 is 2.21 bits per heavy atom. The molecule has 1 N–H and O–H groups in total. The van der Waals surface area contributed by atoms with E-state index in [1.807, 2.05) is 6.92 Å². The number of fused-ring (bicyclic) bond motifs is 1. The molecule has 0 unspecified atom stereocenters. The first kappa shape index (κ1) is 12.6. The molecule has 2 atom stereocenters. The van der Waals surface area contributed by atoms with E-state index >= 15 is 0 Å². The fourth-order valence-corrected chi connectivity index (χ4v) is 3.58. The molecular formula is C13H18N4OS. The van der Waals surface area contributed by atoms with Gasteiger partial charge in [-0.3, -0.25) is 4.79 Å². The molecule has 102 valence electrons. The number of nitrogens with zero attached hydrogens (tertiary/aromatic N) is 3. The normalized spacial score (nSPS) is 23.7. The zero-order valence-electron chi connectivity index (χ0n) is 11.2. The van der Waals surface area contributed by atoms with E-state index in [4.69, 9.17) is 0 Å². The Balaban J connectivity index is 1.89. The Morgan fingerprint density at radius 3 is 3.00 bits per heavy atom. The van der Waals surface area contributed by atoms with Gasteiger partial charge in [0.25, 0.3) is 5.56 Å². The van der Waals surface area contributed by atoms with Crippen molar-refractivity contribution in [3.63, 3.8) is 0 Å². The van der Waals surface area contributed by atoms with Crippen LogP contribution in [0.3, 0.4) is 0 Å². The fraction of sp³-hybridized carbons (Fsp3) is 0.615. The molecular weight excluding hydrogens is 260 g/mol. The van der Waals surface area contributed by atoms with Gasteiger partial charge in [-0.05, 0) is 25.7 Å². The van der Waals surface area contributed by atoms with Crippen molar-refractivity contribution < 1.29 is 0 Å². The van der Waals surface area contributed by atoms with Crippen molar-refractivity contribution in [2.24, 2.45) is 5.92 Å². The molecule has 2 aromatic rings. The Morgan fingerprint density at radius 1 is 1.42 bits per heavy atom. The Bertz CT molecular complexity index is 648. The van der Waals surface area contributed by atoms with E-state index in [2.05, 4.69) is 22.3 Å². The van der Waals surface area contributed by atoms with Crippen LogP contribution in [0.15, 0.2) is 10.9 Å². The minimum absolute atomic E-state index is 0.108. The van der Waals surface area contributed by atoms with Crippen LogP contribution in [0.5, 0.6) is 0 Å². The van der Waals surface area contributed by atoms with Gasteiger partial charge < -0.3 is 5.32 Å². The van der Waals surface area contributed by atoms with E-state index in [0.29, 0.717) is 16.9 Å². The maximum Gasteiger partial charge on any atom is 0.275 e. The summed E-state index contributed by atoms with van der Waals surface area (Å²) in [5.74, 6) is 0.659. The van der Waals surface area contributed by atoms with Gasteiger partial charge >= 0.3 is 0 Å². The van der Waals surface area contributed by atoms with Crippen LogP contribution in [0.2, 0.25) is 0 Å². The second-order valence-corrected chi connectivity index (χ2v) is 6.31. The molecule has 5 nitrogen and oxygen atoms in total. The van der Waals surface area contributed by atoms with E-state index in [0.717, 1.165) is 10.8 Å². The van der Waals surface area contributed by atoms with Gasteiger partial charge in [-0.1, -0.05) is 31.1 Å². The molecule has 2 heterocycles. The predicted octanol–water partition coefficient (Wildman–Crippen LogP) is 2.45. The second-order valence-electron chi connectivity index (χ2n) is 5.35. The number of anilines is 1. The Kier molecular flexibility index (Phi) is 3.26. The lowest BCUT2D eigenvalue weighted by molar-refractivity contribution is 0.349. The lowest BCUT2D eigenvalue weighted by atomic mass is 9.86. The summed E-state index contributed by atoms with van der Waals surface area (Å²) >= 11 is 1.45. The monoisotopic (exact) mass is 278 g/mol. The smallest absolute Gasteiger partial charge is 0.275 e. The maximum absolute atomic E-state index is 11.8. The number of hydrogen-bond donors (Lipinski definition) is 1. The van der Waals surface area contributed by atoms with Crippen molar-refractivity contribution >= 4 is 21.4 Å². The molecule has 19 heavy (non-hydrogen) atoms. The highest BCUT2D eigenvalue weighted by Crippen LogP contribution is 2.28. The number of rotatable bonds is 2. The summed E-state index contributed by atoms with van der Waals surface area (Å²) in [4.78, 5) is 16.8. The molecule has 6 heteroatoms. The summed E-state index contributed by atoms with van der Waals surface area (Å²) in [7, 11) is 0. The highest BCUT2D eigenvalue weighted by molar-refractivity contribution is 7.20. The third-order valence-corrected chi connectivity index (χ3v) is 4.63. The first-order valence-corrected chi connectivity index (χ1v) is 7.59. The zero-order chi connectivity index (χ0) is 13.4. The van der Waals surface area contributed by atoms with E-state index in [-0.39, 0.29) is 5.56 Å². The molecule has 3 rings (SSSR count). The minimum atomic E-state index is -0.108. The van der Waals surface area contributed by atoms with E-state index in [9.17, 15) is 4.79 Å². The van der Waals surface area contributed by atoms with Gasteiger partial charge in [-0.25, -0.2) is 4.98 Å². The topological polar surface area (TPSA) is 59.3 Å². The highest BCUT2D eigenvalue weighted by Gasteiger charge is 2.22. The van der Waals surface area contributed by atoms with Gasteiger partial charge in [0.05, 0.1) is 0 Å². The third kappa shape index (κ3) is 2.49. The summed E-state index contributed by atoms with van der Waals surface area (Å²) in [5.41, 5.74) is 0.634. The van der Waals surface area contributed by atoms with Crippen molar-refractivity contribution in [1.82, 2.24) is 14.6 Å². The first-order valence-electron chi connectivity index (χ1n) is 6.77. The second kappa shape index (κ2) is 4.92. The van der Waals surface area contributed by atoms with Crippen LogP contribution in [0.25, 0.3) is 4.96 Å². The summed E-state index contributed by atoms with van der Waals surface area (Å²) < 4.78 is 1.38. The molecule has 0 spiro atoms. The van der Waals surface area contributed by atoms with Crippen LogP contribution < -0.4 is 10.9 Å². The van der Waals surface area contributed by atoms with Gasteiger partial charge in [0.1, 0.15) is 0 Å². The van der Waals surface area contributed by atoms with E-state index in [1.165, 1.54) is 47.6 Å². The van der Waals surface area contributed by atoms with Gasteiger partial charge in [0.2, 0.25) is 10.1 Å². The van der Waals surface area contributed by atoms with Crippen molar-refractivity contribution in [3.05, 3.63) is 22.1 Å². The lowest BCUT2D eigenvalue weighted by Gasteiger charge is -2.29. The highest BCUT2D eigenvalue weighted by atomic mass is 32.1. The fourth-order valence-electron chi connectivity index (χ4n) is 2.67. The summed E-state index contributed by atoms with van der Waals surface area (Å²) in [5, 5.41) is 8.61. The average Bonchev–Trinajstić information content (AvgIpc) is 2.75. The molecule has 0 aromatic carbocycles. The van der Waals surface area contributed by atoms with Gasteiger partial charge in [0.15, 0.2) is 0 Å². The standard InChI is InChI=1S/C13H18N4OS/c1-8-5-3-4-6-10(8)15-12-16-17-11(18)7-9(2)14-13(17)19-12/h7-8,10H,3-6H2,1-2H3,(H,15,16)/t8-,10-/m0/s1. The largest absolute Gasteiger partial charge is 0.357 e. The van der Waals surface area contributed by atoms with Crippen molar-refractivity contribution in [3.8, 4) is 0 Å². The Hall–Kier alpha value is -1.43. The number of aromatic nitrogens is 3. The van der Waals surface area contributed by atoms with Crippen LogP contribution in [0, 0.1) is 12.8 Å². The van der Waals surface area contributed by atoms with Crippen LogP contribution in [0.1, 0.15) is 38.3 Å². The molecule has 1 saturated carbocycles. The summed E-state index contributed by atoms with van der Waals surface area (Å²) in [6, 6.07) is 1.98. The van der Waals surface area contributed by atoms with Crippen LogP contribution >= 0.6 is 11.3 Å². The molecule has 1 aliphatic carbocycles. The molecule has 1 fully saturated rings. The van der Waals surface area contributed by atoms with Gasteiger partial charge in [-0.15, -0.1) is 5.10 Å². The van der Waals surface area contributed by atoms with Crippen molar-refractivity contribution in [2.45, 2.75) is 45.6 Å². The van der Waals surface area contributed by atoms with Crippen LogP contribution in [-0.2, 0) is 0 Å². The molecule has 0 aliphatic heterocycles. The van der Waals surface area contributed by atoms with Crippen molar-refractivity contribution in [1.29, 1.82) is 0 Å². The number of hydrogen-bond acceptors (Lipinski definition) is 5. The molecule has 0 bridgehead atoms.